The highest BCUT2D eigenvalue weighted by Crippen LogP contribution is 2.09. The summed E-state index contributed by atoms with van der Waals surface area (Å²) in [5.41, 5.74) is 0.489. The van der Waals surface area contributed by atoms with Gasteiger partial charge in [0, 0.05) is 18.8 Å². The maximum absolute atomic E-state index is 12.9. The van der Waals surface area contributed by atoms with E-state index in [9.17, 15) is 9.18 Å². The van der Waals surface area contributed by atoms with Gasteiger partial charge in [-0.25, -0.2) is 4.39 Å². The standard InChI is InChI=1S/C12H15FN2O2/c13-10-2-1-3-11(8-10)14-12(16)9-15-4-6-17-7-5-15/h1-3,8H,4-7,9H2,(H,14,16). The van der Waals surface area contributed by atoms with Crippen LogP contribution in [-0.4, -0.2) is 43.7 Å². The van der Waals surface area contributed by atoms with Crippen LogP contribution < -0.4 is 5.32 Å². The van der Waals surface area contributed by atoms with Gasteiger partial charge in [0.15, 0.2) is 0 Å². The first-order valence-electron chi connectivity index (χ1n) is 5.59. The van der Waals surface area contributed by atoms with Gasteiger partial charge in [-0.05, 0) is 18.2 Å². The molecule has 1 N–H and O–H groups in total. The summed E-state index contributed by atoms with van der Waals surface area (Å²) in [5, 5.41) is 2.67. The Morgan fingerprint density at radius 2 is 2.18 bits per heavy atom. The lowest BCUT2D eigenvalue weighted by Crippen LogP contribution is -2.41. The van der Waals surface area contributed by atoms with Gasteiger partial charge < -0.3 is 10.1 Å². The van der Waals surface area contributed by atoms with Gasteiger partial charge in [0.05, 0.1) is 19.8 Å². The molecule has 5 heteroatoms. The minimum Gasteiger partial charge on any atom is -0.379 e. The van der Waals surface area contributed by atoms with Gasteiger partial charge in [-0.3, -0.25) is 9.69 Å². The second-order valence-electron chi connectivity index (χ2n) is 3.95. The van der Waals surface area contributed by atoms with E-state index in [2.05, 4.69) is 5.32 Å². The number of nitrogens with zero attached hydrogens (tertiary/aromatic N) is 1. The van der Waals surface area contributed by atoms with Crippen LogP contribution in [0.15, 0.2) is 24.3 Å². The Morgan fingerprint density at radius 3 is 2.88 bits per heavy atom. The van der Waals surface area contributed by atoms with Crippen LogP contribution in [0.5, 0.6) is 0 Å². The average Bonchev–Trinajstić information content (AvgIpc) is 2.30. The Balaban J connectivity index is 1.84. The molecule has 1 aliphatic heterocycles. The van der Waals surface area contributed by atoms with Crippen molar-refractivity contribution in [1.82, 2.24) is 4.90 Å². The SMILES string of the molecule is O=C(CN1CCOCC1)Nc1cccc(F)c1. The molecule has 1 amide bonds. The fourth-order valence-electron chi connectivity index (χ4n) is 1.73. The molecule has 4 nitrogen and oxygen atoms in total. The summed E-state index contributed by atoms with van der Waals surface area (Å²) in [6.45, 7) is 3.16. The molecule has 1 fully saturated rings. The Bertz CT molecular complexity index is 392. The maximum Gasteiger partial charge on any atom is 0.238 e. The second kappa shape index (κ2) is 5.75. The zero-order chi connectivity index (χ0) is 12.1. The molecule has 2 rings (SSSR count). The molecule has 1 aliphatic rings. The van der Waals surface area contributed by atoms with Gasteiger partial charge in [0.25, 0.3) is 0 Å². The monoisotopic (exact) mass is 238 g/mol. The predicted molar refractivity (Wildman–Crippen MR) is 62.3 cm³/mol. The molecule has 1 heterocycles. The Labute approximate surface area is 99.4 Å². The third kappa shape index (κ3) is 3.80. The number of ether oxygens (including phenoxy) is 1. The summed E-state index contributed by atoms with van der Waals surface area (Å²) in [6.07, 6.45) is 0. The van der Waals surface area contributed by atoms with Crippen molar-refractivity contribution in [3.63, 3.8) is 0 Å². The summed E-state index contributed by atoms with van der Waals surface area (Å²) in [5.74, 6) is -0.480. The van der Waals surface area contributed by atoms with E-state index >= 15 is 0 Å². The number of benzene rings is 1. The second-order valence-corrected chi connectivity index (χ2v) is 3.95. The van der Waals surface area contributed by atoms with Crippen molar-refractivity contribution in [2.75, 3.05) is 38.2 Å². The number of carbonyl (C=O) groups excluding carboxylic acids is 1. The summed E-state index contributed by atoms with van der Waals surface area (Å²) in [6, 6.07) is 5.88. The Hall–Kier alpha value is -1.46. The average molecular weight is 238 g/mol. The summed E-state index contributed by atoms with van der Waals surface area (Å²) in [7, 11) is 0. The fraction of sp³-hybridized carbons (Fsp3) is 0.417. The van der Waals surface area contributed by atoms with E-state index in [1.807, 2.05) is 4.90 Å². The molecule has 0 radical (unpaired) electrons. The Morgan fingerprint density at radius 1 is 1.41 bits per heavy atom. The van der Waals surface area contributed by atoms with Crippen molar-refractivity contribution in [3.8, 4) is 0 Å². The first-order chi connectivity index (χ1) is 8.24. The van der Waals surface area contributed by atoms with Crippen LogP contribution >= 0.6 is 0 Å². The lowest BCUT2D eigenvalue weighted by Gasteiger charge is -2.25. The summed E-state index contributed by atoms with van der Waals surface area (Å²) >= 11 is 0. The molecule has 0 bridgehead atoms. The van der Waals surface area contributed by atoms with Crippen molar-refractivity contribution in [3.05, 3.63) is 30.1 Å². The van der Waals surface area contributed by atoms with Crippen LogP contribution in [0.3, 0.4) is 0 Å². The third-order valence-corrected chi connectivity index (χ3v) is 2.58. The Kier molecular flexibility index (Phi) is 4.06. The molecule has 1 aromatic carbocycles. The van der Waals surface area contributed by atoms with Gasteiger partial charge in [-0.1, -0.05) is 6.07 Å². The first-order valence-corrected chi connectivity index (χ1v) is 5.59. The van der Waals surface area contributed by atoms with E-state index in [1.54, 1.807) is 12.1 Å². The van der Waals surface area contributed by atoms with Gasteiger partial charge in [-0.15, -0.1) is 0 Å². The number of rotatable bonds is 3. The number of nitrogens with one attached hydrogen (secondary N) is 1. The van der Waals surface area contributed by atoms with E-state index in [0.717, 1.165) is 13.1 Å². The smallest absolute Gasteiger partial charge is 0.238 e. The van der Waals surface area contributed by atoms with Crippen molar-refractivity contribution in [1.29, 1.82) is 0 Å². The van der Waals surface area contributed by atoms with Crippen molar-refractivity contribution < 1.29 is 13.9 Å². The van der Waals surface area contributed by atoms with Crippen LogP contribution in [0.2, 0.25) is 0 Å². The zero-order valence-corrected chi connectivity index (χ0v) is 9.49. The van der Waals surface area contributed by atoms with Crippen molar-refractivity contribution >= 4 is 11.6 Å². The first kappa shape index (κ1) is 12.0. The molecular weight excluding hydrogens is 223 g/mol. The molecular formula is C12H15FN2O2. The van der Waals surface area contributed by atoms with Crippen LogP contribution in [0, 0.1) is 5.82 Å². The molecule has 0 aliphatic carbocycles. The topological polar surface area (TPSA) is 41.6 Å². The number of hydrogen-bond acceptors (Lipinski definition) is 3. The quantitative estimate of drug-likeness (QED) is 0.857. The molecule has 0 spiro atoms. The van der Waals surface area contributed by atoms with Gasteiger partial charge >= 0.3 is 0 Å². The number of hydrogen-bond donors (Lipinski definition) is 1. The maximum atomic E-state index is 12.9. The van der Waals surface area contributed by atoms with Crippen LogP contribution in [-0.2, 0) is 9.53 Å². The normalized spacial score (nSPS) is 16.8. The number of amides is 1. The number of carbonyl (C=O) groups is 1. The van der Waals surface area contributed by atoms with Crippen LogP contribution in [0.25, 0.3) is 0 Å². The number of halogens is 1. The molecule has 0 saturated carbocycles. The van der Waals surface area contributed by atoms with Gasteiger partial charge in [0.1, 0.15) is 5.82 Å². The van der Waals surface area contributed by atoms with E-state index in [4.69, 9.17) is 4.74 Å². The number of morpholine rings is 1. The highest BCUT2D eigenvalue weighted by molar-refractivity contribution is 5.92. The predicted octanol–water partition coefficient (Wildman–Crippen LogP) is 1.10. The van der Waals surface area contributed by atoms with Crippen LogP contribution in [0.4, 0.5) is 10.1 Å². The molecule has 0 atom stereocenters. The lowest BCUT2D eigenvalue weighted by molar-refractivity contribution is -0.118. The third-order valence-electron chi connectivity index (χ3n) is 2.58. The van der Waals surface area contributed by atoms with Crippen molar-refractivity contribution in [2.45, 2.75) is 0 Å². The lowest BCUT2D eigenvalue weighted by atomic mass is 10.3. The van der Waals surface area contributed by atoms with E-state index in [0.29, 0.717) is 25.4 Å². The molecule has 17 heavy (non-hydrogen) atoms. The molecule has 1 saturated heterocycles. The van der Waals surface area contributed by atoms with E-state index in [1.165, 1.54) is 12.1 Å². The fourth-order valence-corrected chi connectivity index (χ4v) is 1.73. The van der Waals surface area contributed by atoms with E-state index < -0.39 is 0 Å². The van der Waals surface area contributed by atoms with Gasteiger partial charge in [-0.2, -0.15) is 0 Å². The number of anilines is 1. The molecule has 0 aromatic heterocycles. The molecule has 1 aromatic rings. The summed E-state index contributed by atoms with van der Waals surface area (Å²) < 4.78 is 18.1. The summed E-state index contributed by atoms with van der Waals surface area (Å²) in [4.78, 5) is 13.7. The minimum absolute atomic E-state index is 0.127. The van der Waals surface area contributed by atoms with Crippen molar-refractivity contribution in [2.24, 2.45) is 0 Å². The molecule has 92 valence electrons. The van der Waals surface area contributed by atoms with Gasteiger partial charge in [0.2, 0.25) is 5.91 Å². The molecule has 0 unspecified atom stereocenters. The van der Waals surface area contributed by atoms with E-state index in [-0.39, 0.29) is 11.7 Å². The largest absolute Gasteiger partial charge is 0.379 e. The highest BCUT2D eigenvalue weighted by atomic mass is 19.1. The van der Waals surface area contributed by atoms with Crippen LogP contribution in [0.1, 0.15) is 0 Å². The minimum atomic E-state index is -0.353. The highest BCUT2D eigenvalue weighted by Gasteiger charge is 2.14. The zero-order valence-electron chi connectivity index (χ0n) is 9.49.